The summed E-state index contributed by atoms with van der Waals surface area (Å²) in [5.41, 5.74) is 3.51. The fraction of sp³-hybridized carbons (Fsp3) is 0.125. The van der Waals surface area contributed by atoms with Crippen molar-refractivity contribution in [3.05, 3.63) is 113 Å². The Morgan fingerprint density at radius 1 is 0.815 bits per heavy atom. The maximum Gasteiger partial charge on any atom is 0.193 e. The SMILES string of the molecule is O=C(C1=C(c2ccccc2)O[C@H](CI)[C@@H]1c1ccccc1)c1ccccc1. The molecule has 0 amide bonds. The summed E-state index contributed by atoms with van der Waals surface area (Å²) >= 11 is 2.35. The zero-order chi connectivity index (χ0) is 18.6. The molecule has 4 rings (SSSR count). The Morgan fingerprint density at radius 3 is 1.96 bits per heavy atom. The number of alkyl halides is 1. The molecule has 2 atom stereocenters. The molecule has 134 valence electrons. The summed E-state index contributed by atoms with van der Waals surface area (Å²) in [4.78, 5) is 13.5. The van der Waals surface area contributed by atoms with Crippen molar-refractivity contribution in [2.45, 2.75) is 12.0 Å². The molecule has 3 aromatic rings. The molecule has 1 heterocycles. The molecule has 1 aliphatic rings. The van der Waals surface area contributed by atoms with E-state index in [0.29, 0.717) is 11.3 Å². The van der Waals surface area contributed by atoms with Crippen LogP contribution in [0.3, 0.4) is 0 Å². The van der Waals surface area contributed by atoms with Gasteiger partial charge in [-0.15, -0.1) is 0 Å². The quantitative estimate of drug-likeness (QED) is 0.266. The summed E-state index contributed by atoms with van der Waals surface area (Å²) in [6.45, 7) is 0. The minimum Gasteiger partial charge on any atom is -0.488 e. The fourth-order valence-electron chi connectivity index (χ4n) is 3.57. The smallest absolute Gasteiger partial charge is 0.193 e. The van der Waals surface area contributed by atoms with E-state index in [1.54, 1.807) is 0 Å². The number of hydrogen-bond acceptors (Lipinski definition) is 2. The summed E-state index contributed by atoms with van der Waals surface area (Å²) in [5, 5.41) is 0. The van der Waals surface area contributed by atoms with Gasteiger partial charge in [-0.25, -0.2) is 0 Å². The highest BCUT2D eigenvalue weighted by molar-refractivity contribution is 14.1. The first kappa shape index (κ1) is 18.0. The second-order valence-corrected chi connectivity index (χ2v) is 7.38. The highest BCUT2D eigenvalue weighted by Gasteiger charge is 2.41. The maximum atomic E-state index is 13.5. The molecule has 0 spiro atoms. The van der Waals surface area contributed by atoms with Crippen LogP contribution in [0.2, 0.25) is 0 Å². The van der Waals surface area contributed by atoms with Crippen molar-refractivity contribution in [2.75, 3.05) is 4.43 Å². The molecule has 27 heavy (non-hydrogen) atoms. The van der Waals surface area contributed by atoms with Crippen LogP contribution in [-0.4, -0.2) is 16.3 Å². The standard InChI is InChI=1S/C24H19IO2/c25-16-20-21(17-10-4-1-5-11-17)22(23(26)18-12-6-2-7-13-18)24(27-20)19-14-8-3-9-15-19/h1-15,20-21H,16H2/t20-,21+/m1/s1. The van der Waals surface area contributed by atoms with Gasteiger partial charge in [-0.1, -0.05) is 114 Å². The molecule has 2 nitrogen and oxygen atoms in total. The summed E-state index contributed by atoms with van der Waals surface area (Å²) in [6, 6.07) is 29.6. The van der Waals surface area contributed by atoms with Gasteiger partial charge in [0.25, 0.3) is 0 Å². The zero-order valence-corrected chi connectivity index (χ0v) is 16.9. The van der Waals surface area contributed by atoms with Crippen LogP contribution in [0.1, 0.15) is 27.4 Å². The lowest BCUT2D eigenvalue weighted by atomic mass is 9.83. The number of benzene rings is 3. The van der Waals surface area contributed by atoms with Crippen LogP contribution in [0.25, 0.3) is 5.76 Å². The second-order valence-electron chi connectivity index (χ2n) is 6.50. The van der Waals surface area contributed by atoms with Crippen LogP contribution in [0, 0.1) is 0 Å². The number of ketones is 1. The van der Waals surface area contributed by atoms with Crippen LogP contribution in [-0.2, 0) is 4.74 Å². The van der Waals surface area contributed by atoms with Crippen molar-refractivity contribution in [1.29, 1.82) is 0 Å². The van der Waals surface area contributed by atoms with Gasteiger partial charge in [0.1, 0.15) is 11.9 Å². The fourth-order valence-corrected chi connectivity index (χ4v) is 4.26. The normalized spacial score (nSPS) is 19.0. The van der Waals surface area contributed by atoms with Crippen molar-refractivity contribution < 1.29 is 9.53 Å². The Kier molecular flexibility index (Phi) is 5.39. The highest BCUT2D eigenvalue weighted by Crippen LogP contribution is 2.45. The van der Waals surface area contributed by atoms with E-state index in [1.165, 1.54) is 0 Å². The van der Waals surface area contributed by atoms with Crippen LogP contribution in [0.5, 0.6) is 0 Å². The Hall–Kier alpha value is -2.40. The summed E-state index contributed by atoms with van der Waals surface area (Å²) in [5.74, 6) is 0.668. The summed E-state index contributed by atoms with van der Waals surface area (Å²) < 4.78 is 7.18. The first-order valence-electron chi connectivity index (χ1n) is 8.96. The van der Waals surface area contributed by atoms with E-state index in [-0.39, 0.29) is 17.8 Å². The molecule has 0 N–H and O–H groups in total. The summed E-state index contributed by atoms with van der Waals surface area (Å²) in [6.07, 6.45) is -0.0640. The molecule has 0 aliphatic carbocycles. The number of hydrogen-bond donors (Lipinski definition) is 0. The van der Waals surface area contributed by atoms with E-state index < -0.39 is 0 Å². The number of rotatable bonds is 5. The van der Waals surface area contributed by atoms with Crippen LogP contribution < -0.4 is 0 Å². The molecule has 0 aromatic heterocycles. The Labute approximate surface area is 173 Å². The third kappa shape index (κ3) is 3.56. The first-order chi connectivity index (χ1) is 13.3. The minimum absolute atomic E-state index is 0.0376. The minimum atomic E-state index is -0.0778. The molecule has 0 saturated carbocycles. The largest absolute Gasteiger partial charge is 0.488 e. The number of carbonyl (C=O) groups excluding carboxylic acids is 1. The average Bonchev–Trinajstić information content (AvgIpc) is 3.15. The third-order valence-corrected chi connectivity index (χ3v) is 5.69. The van der Waals surface area contributed by atoms with E-state index in [0.717, 1.165) is 21.1 Å². The zero-order valence-electron chi connectivity index (χ0n) is 14.7. The molecule has 3 heteroatoms. The van der Waals surface area contributed by atoms with Gasteiger partial charge >= 0.3 is 0 Å². The molecule has 0 saturated heterocycles. The molecular formula is C24H19IO2. The lowest BCUT2D eigenvalue weighted by Crippen LogP contribution is -2.21. The number of carbonyl (C=O) groups is 1. The van der Waals surface area contributed by atoms with E-state index in [4.69, 9.17) is 4.74 Å². The van der Waals surface area contributed by atoms with Gasteiger partial charge in [0.2, 0.25) is 0 Å². The number of ether oxygens (including phenoxy) is 1. The van der Waals surface area contributed by atoms with Crippen molar-refractivity contribution >= 4 is 34.1 Å². The first-order valence-corrected chi connectivity index (χ1v) is 10.5. The average molecular weight is 466 g/mol. The maximum absolute atomic E-state index is 13.5. The molecular weight excluding hydrogens is 447 g/mol. The second kappa shape index (κ2) is 8.09. The third-order valence-electron chi connectivity index (χ3n) is 4.82. The molecule has 0 unspecified atom stereocenters. The topological polar surface area (TPSA) is 26.3 Å². The molecule has 0 fully saturated rings. The van der Waals surface area contributed by atoms with Gasteiger partial charge in [-0.05, 0) is 5.56 Å². The predicted octanol–water partition coefficient (Wildman–Crippen LogP) is 5.90. The van der Waals surface area contributed by atoms with Gasteiger partial charge in [0.05, 0.1) is 11.5 Å². The molecule has 0 bridgehead atoms. The Morgan fingerprint density at radius 2 is 1.37 bits per heavy atom. The lowest BCUT2D eigenvalue weighted by molar-refractivity contribution is 0.102. The van der Waals surface area contributed by atoms with Crippen molar-refractivity contribution in [3.63, 3.8) is 0 Å². The highest BCUT2D eigenvalue weighted by atomic mass is 127. The Bertz CT molecular complexity index is 949. The molecule has 1 aliphatic heterocycles. The van der Waals surface area contributed by atoms with Crippen LogP contribution in [0.15, 0.2) is 96.6 Å². The summed E-state index contributed by atoms with van der Waals surface area (Å²) in [7, 11) is 0. The monoisotopic (exact) mass is 466 g/mol. The van der Waals surface area contributed by atoms with Crippen LogP contribution >= 0.6 is 22.6 Å². The Balaban J connectivity index is 1.90. The van der Waals surface area contributed by atoms with E-state index in [9.17, 15) is 4.79 Å². The lowest BCUT2D eigenvalue weighted by Gasteiger charge is -2.19. The van der Waals surface area contributed by atoms with Crippen LogP contribution in [0.4, 0.5) is 0 Å². The predicted molar refractivity (Wildman–Crippen MR) is 117 cm³/mol. The van der Waals surface area contributed by atoms with E-state index in [2.05, 4.69) is 34.7 Å². The van der Waals surface area contributed by atoms with E-state index in [1.807, 2.05) is 78.9 Å². The van der Waals surface area contributed by atoms with Crippen molar-refractivity contribution in [2.24, 2.45) is 0 Å². The van der Waals surface area contributed by atoms with Gasteiger partial charge in [0.15, 0.2) is 5.78 Å². The van der Waals surface area contributed by atoms with Gasteiger partial charge in [0, 0.05) is 15.6 Å². The van der Waals surface area contributed by atoms with Gasteiger partial charge < -0.3 is 4.74 Å². The number of halogens is 1. The molecule has 3 aromatic carbocycles. The van der Waals surface area contributed by atoms with E-state index >= 15 is 0 Å². The van der Waals surface area contributed by atoms with Crippen molar-refractivity contribution in [3.8, 4) is 0 Å². The molecule has 0 radical (unpaired) electrons. The van der Waals surface area contributed by atoms with Gasteiger partial charge in [-0.2, -0.15) is 0 Å². The number of Topliss-reactive ketones (excluding diaryl/α,β-unsaturated/α-hetero) is 1. The van der Waals surface area contributed by atoms with Crippen molar-refractivity contribution in [1.82, 2.24) is 0 Å². The van der Waals surface area contributed by atoms with Gasteiger partial charge in [-0.3, -0.25) is 4.79 Å².